The van der Waals surface area contributed by atoms with Crippen molar-refractivity contribution in [3.05, 3.63) is 35.9 Å². The van der Waals surface area contributed by atoms with E-state index in [4.69, 9.17) is 23.7 Å². The van der Waals surface area contributed by atoms with Gasteiger partial charge in [-0.15, -0.1) is 0 Å². The summed E-state index contributed by atoms with van der Waals surface area (Å²) in [7, 11) is 3.59. The number of carbonyl (C=O) groups is 1. The second kappa shape index (κ2) is 10.8. The number of rotatable bonds is 11. The van der Waals surface area contributed by atoms with E-state index in [1.807, 2.05) is 0 Å². The molecular formula is C21H28N2O8S. The summed E-state index contributed by atoms with van der Waals surface area (Å²) in [5, 5.41) is 2.71. The van der Waals surface area contributed by atoms with Crippen molar-refractivity contribution < 1.29 is 36.9 Å². The van der Waals surface area contributed by atoms with Crippen LogP contribution in [0.25, 0.3) is 0 Å². The van der Waals surface area contributed by atoms with Crippen molar-refractivity contribution in [1.82, 2.24) is 5.32 Å². The van der Waals surface area contributed by atoms with Gasteiger partial charge in [0.05, 0.1) is 47.5 Å². The largest absolute Gasteiger partial charge is 0.497 e. The third-order valence-electron chi connectivity index (χ3n) is 4.56. The molecule has 1 amide bonds. The summed E-state index contributed by atoms with van der Waals surface area (Å²) in [5.74, 6) is 1.55. The van der Waals surface area contributed by atoms with Crippen molar-refractivity contribution >= 4 is 21.6 Å². The van der Waals surface area contributed by atoms with Crippen molar-refractivity contribution in [2.75, 3.05) is 52.7 Å². The number of sulfonamides is 1. The van der Waals surface area contributed by atoms with E-state index >= 15 is 0 Å². The fourth-order valence-electron chi connectivity index (χ4n) is 3.00. The summed E-state index contributed by atoms with van der Waals surface area (Å²) in [4.78, 5) is 12.6. The molecule has 176 valence electrons. The van der Waals surface area contributed by atoms with Crippen LogP contribution >= 0.6 is 0 Å². The SMILES string of the molecule is COc1ccc(N(CC(=O)NCc2cc(OC)c(OC)c(OC)c2)S(C)(=O)=O)c(OC)c1. The van der Waals surface area contributed by atoms with E-state index in [-0.39, 0.29) is 18.0 Å². The third kappa shape index (κ3) is 5.88. The van der Waals surface area contributed by atoms with Crippen molar-refractivity contribution in [3.8, 4) is 28.7 Å². The number of amides is 1. The fourth-order valence-corrected chi connectivity index (χ4v) is 3.86. The second-order valence-electron chi connectivity index (χ2n) is 6.62. The fraction of sp³-hybridized carbons (Fsp3) is 0.381. The van der Waals surface area contributed by atoms with Gasteiger partial charge in [-0.25, -0.2) is 8.42 Å². The normalized spacial score (nSPS) is 10.8. The Labute approximate surface area is 188 Å². The monoisotopic (exact) mass is 468 g/mol. The maximum atomic E-state index is 12.6. The minimum atomic E-state index is -3.78. The number of anilines is 1. The predicted octanol–water partition coefficient (Wildman–Crippen LogP) is 1.81. The molecular weight excluding hydrogens is 440 g/mol. The Kier molecular flexibility index (Phi) is 8.41. The first-order valence-electron chi connectivity index (χ1n) is 9.43. The zero-order valence-electron chi connectivity index (χ0n) is 18.9. The van der Waals surface area contributed by atoms with Crippen molar-refractivity contribution in [2.45, 2.75) is 6.54 Å². The lowest BCUT2D eigenvalue weighted by Gasteiger charge is -2.24. The lowest BCUT2D eigenvalue weighted by atomic mass is 10.1. The van der Waals surface area contributed by atoms with E-state index in [1.54, 1.807) is 24.3 Å². The maximum Gasteiger partial charge on any atom is 0.241 e. The summed E-state index contributed by atoms with van der Waals surface area (Å²) in [5.41, 5.74) is 0.902. The molecule has 1 N–H and O–H groups in total. The van der Waals surface area contributed by atoms with E-state index < -0.39 is 22.5 Å². The highest BCUT2D eigenvalue weighted by molar-refractivity contribution is 7.92. The Hall–Kier alpha value is -3.34. The Bertz CT molecular complexity index is 1030. The van der Waals surface area contributed by atoms with Gasteiger partial charge in [-0.2, -0.15) is 0 Å². The van der Waals surface area contributed by atoms with Gasteiger partial charge >= 0.3 is 0 Å². The minimum absolute atomic E-state index is 0.118. The summed E-state index contributed by atoms with van der Waals surface area (Å²) >= 11 is 0. The molecule has 0 unspecified atom stereocenters. The molecule has 32 heavy (non-hydrogen) atoms. The van der Waals surface area contributed by atoms with E-state index in [1.165, 1.54) is 41.6 Å². The van der Waals surface area contributed by atoms with Crippen LogP contribution in [0.4, 0.5) is 5.69 Å². The number of benzene rings is 2. The predicted molar refractivity (Wildman–Crippen MR) is 120 cm³/mol. The standard InChI is InChI=1S/C21H28N2O8S/c1-27-15-7-8-16(17(11-15)28-2)23(32(6,25)26)13-20(24)22-12-14-9-18(29-3)21(31-5)19(10-14)30-4/h7-11H,12-13H2,1-6H3,(H,22,24). The number of carbonyl (C=O) groups excluding carboxylic acids is 1. The number of hydrogen-bond donors (Lipinski definition) is 1. The Morgan fingerprint density at radius 1 is 0.875 bits per heavy atom. The third-order valence-corrected chi connectivity index (χ3v) is 5.68. The van der Waals surface area contributed by atoms with Crippen LogP contribution in [0.15, 0.2) is 30.3 Å². The molecule has 0 heterocycles. The first kappa shape index (κ1) is 24.9. The van der Waals surface area contributed by atoms with Crippen LogP contribution in [0.1, 0.15) is 5.56 Å². The number of ether oxygens (including phenoxy) is 5. The summed E-state index contributed by atoms with van der Waals surface area (Å²) in [6.07, 6.45) is 1.02. The highest BCUT2D eigenvalue weighted by atomic mass is 32.2. The number of methoxy groups -OCH3 is 5. The lowest BCUT2D eigenvalue weighted by Crippen LogP contribution is -2.40. The number of hydrogen-bond acceptors (Lipinski definition) is 8. The van der Waals surface area contributed by atoms with Crippen LogP contribution < -0.4 is 33.3 Å². The Balaban J connectivity index is 2.23. The van der Waals surface area contributed by atoms with Gasteiger partial charge in [0.15, 0.2) is 11.5 Å². The molecule has 0 aliphatic rings. The van der Waals surface area contributed by atoms with Crippen molar-refractivity contribution in [2.24, 2.45) is 0 Å². The first-order chi connectivity index (χ1) is 15.2. The van der Waals surface area contributed by atoms with Crippen molar-refractivity contribution in [1.29, 1.82) is 0 Å². The van der Waals surface area contributed by atoms with Gasteiger partial charge in [0, 0.05) is 12.6 Å². The molecule has 2 aromatic rings. The quantitative estimate of drug-likeness (QED) is 0.531. The average molecular weight is 469 g/mol. The highest BCUT2D eigenvalue weighted by Crippen LogP contribution is 2.38. The van der Waals surface area contributed by atoms with Crippen LogP contribution in [-0.4, -0.2) is 62.7 Å². The van der Waals surface area contributed by atoms with Gasteiger partial charge in [0.25, 0.3) is 0 Å². The van der Waals surface area contributed by atoms with Crippen LogP contribution in [0.5, 0.6) is 28.7 Å². The number of nitrogens with zero attached hydrogens (tertiary/aromatic N) is 1. The first-order valence-corrected chi connectivity index (χ1v) is 11.3. The van der Waals surface area contributed by atoms with E-state index in [9.17, 15) is 13.2 Å². The Morgan fingerprint density at radius 2 is 1.47 bits per heavy atom. The molecule has 0 atom stereocenters. The van der Waals surface area contributed by atoms with Crippen molar-refractivity contribution in [3.63, 3.8) is 0 Å². The van der Waals surface area contributed by atoms with E-state index in [2.05, 4.69) is 5.32 Å². The molecule has 2 aromatic carbocycles. The minimum Gasteiger partial charge on any atom is -0.497 e. The van der Waals surface area contributed by atoms with E-state index in [0.29, 0.717) is 28.6 Å². The molecule has 0 saturated heterocycles. The number of nitrogens with one attached hydrogen (secondary N) is 1. The van der Waals surface area contributed by atoms with Crippen LogP contribution in [0.2, 0.25) is 0 Å². The molecule has 0 fully saturated rings. The molecule has 0 aliphatic heterocycles. The molecule has 0 saturated carbocycles. The highest BCUT2D eigenvalue weighted by Gasteiger charge is 2.24. The zero-order chi connectivity index (χ0) is 23.9. The van der Waals surface area contributed by atoms with Gasteiger partial charge in [-0.1, -0.05) is 0 Å². The lowest BCUT2D eigenvalue weighted by molar-refractivity contribution is -0.119. The summed E-state index contributed by atoms with van der Waals surface area (Å²) < 4.78 is 52.1. The van der Waals surface area contributed by atoms with Gasteiger partial charge < -0.3 is 29.0 Å². The van der Waals surface area contributed by atoms with E-state index in [0.717, 1.165) is 10.6 Å². The molecule has 11 heteroatoms. The van der Waals surface area contributed by atoms with Crippen LogP contribution in [0.3, 0.4) is 0 Å². The molecule has 2 rings (SSSR count). The zero-order valence-corrected chi connectivity index (χ0v) is 19.7. The molecule has 0 bridgehead atoms. The topological polar surface area (TPSA) is 113 Å². The van der Waals surface area contributed by atoms with Gasteiger partial charge in [-0.3, -0.25) is 9.10 Å². The van der Waals surface area contributed by atoms with Gasteiger partial charge in [-0.05, 0) is 29.8 Å². The summed E-state index contributed by atoms with van der Waals surface area (Å²) in [6, 6.07) is 8.04. The maximum absolute atomic E-state index is 12.6. The summed E-state index contributed by atoms with van der Waals surface area (Å²) in [6.45, 7) is -0.321. The molecule has 10 nitrogen and oxygen atoms in total. The molecule has 0 aliphatic carbocycles. The molecule has 0 aromatic heterocycles. The van der Waals surface area contributed by atoms with Crippen LogP contribution in [-0.2, 0) is 21.4 Å². The second-order valence-corrected chi connectivity index (χ2v) is 8.52. The molecule has 0 spiro atoms. The van der Waals surface area contributed by atoms with Gasteiger partial charge in [0.2, 0.25) is 21.7 Å². The molecule has 0 radical (unpaired) electrons. The average Bonchev–Trinajstić information content (AvgIpc) is 2.79. The van der Waals surface area contributed by atoms with Gasteiger partial charge in [0.1, 0.15) is 18.0 Å². The Morgan fingerprint density at radius 3 is 1.94 bits per heavy atom. The van der Waals surface area contributed by atoms with Crippen LogP contribution in [0, 0.1) is 0 Å². The smallest absolute Gasteiger partial charge is 0.241 e.